The number of ether oxygens (including phenoxy) is 1. The molecule has 0 aliphatic heterocycles. The lowest BCUT2D eigenvalue weighted by molar-refractivity contribution is -0.197. The number of allylic oxidation sites excluding steroid dienone is 2. The number of aliphatic hydroxyl groups is 1. The summed E-state index contributed by atoms with van der Waals surface area (Å²) in [6, 6.07) is 22.8. The molecule has 4 aliphatic rings. The molecule has 3 saturated carbocycles. The third-order valence-electron chi connectivity index (χ3n) is 12.7. The van der Waals surface area contributed by atoms with Crippen molar-refractivity contribution in [1.29, 1.82) is 5.26 Å². The normalized spacial score (nSPS) is 34.2. The van der Waals surface area contributed by atoms with Gasteiger partial charge in [-0.2, -0.15) is 5.26 Å². The Kier molecular flexibility index (Phi) is 8.64. The highest BCUT2D eigenvalue weighted by Gasteiger charge is 2.86. The molecule has 9 atom stereocenters. The van der Waals surface area contributed by atoms with E-state index in [1.807, 2.05) is 66.7 Å². The van der Waals surface area contributed by atoms with E-state index in [0.717, 1.165) is 55.2 Å². The zero-order chi connectivity index (χ0) is 32.0. The summed E-state index contributed by atoms with van der Waals surface area (Å²) in [7, 11) is 0. The minimum atomic E-state index is -1.21. The van der Waals surface area contributed by atoms with Gasteiger partial charge in [-0.1, -0.05) is 125 Å². The van der Waals surface area contributed by atoms with Crippen LogP contribution in [-0.4, -0.2) is 17.2 Å². The largest absolute Gasteiger partial charge is 0.452 e. The molecule has 4 bridgehead atoms. The van der Waals surface area contributed by atoms with Gasteiger partial charge in [-0.05, 0) is 78.7 Å². The number of esters is 1. The van der Waals surface area contributed by atoms with E-state index in [2.05, 4.69) is 46.4 Å². The number of benzene rings is 2. The Morgan fingerprint density at radius 2 is 1.73 bits per heavy atom. The van der Waals surface area contributed by atoms with Crippen molar-refractivity contribution in [2.24, 2.45) is 51.8 Å². The van der Waals surface area contributed by atoms with Crippen LogP contribution in [0.5, 0.6) is 0 Å². The third kappa shape index (κ3) is 4.51. The molecule has 0 heterocycles. The van der Waals surface area contributed by atoms with Gasteiger partial charge in [0.2, 0.25) is 0 Å². The quantitative estimate of drug-likeness (QED) is 0.193. The number of fused-ring (bicyclic) bond motifs is 2. The predicted molar refractivity (Wildman–Crippen MR) is 179 cm³/mol. The highest BCUT2D eigenvalue weighted by molar-refractivity contribution is 5.88. The minimum Gasteiger partial charge on any atom is -0.452 e. The zero-order valence-corrected chi connectivity index (χ0v) is 27.6. The van der Waals surface area contributed by atoms with Crippen molar-refractivity contribution >= 4 is 5.97 Å². The number of carbonyl (C=O) groups is 1. The van der Waals surface area contributed by atoms with Crippen LogP contribution in [-0.2, 0) is 9.53 Å². The van der Waals surface area contributed by atoms with Crippen LogP contribution in [0.4, 0.5) is 0 Å². The Bertz CT molecular complexity index is 1420. The molecule has 0 aromatic heterocycles. The molecule has 4 nitrogen and oxygen atoms in total. The number of hydrogen-bond donors (Lipinski definition) is 1. The van der Waals surface area contributed by atoms with Crippen LogP contribution in [0.25, 0.3) is 0 Å². The number of rotatable bonds is 12. The summed E-state index contributed by atoms with van der Waals surface area (Å²) in [6.07, 6.45) is 10.0. The van der Waals surface area contributed by atoms with E-state index in [4.69, 9.17) is 4.74 Å². The van der Waals surface area contributed by atoms with Crippen molar-refractivity contribution in [1.82, 2.24) is 0 Å². The second-order valence-electron chi connectivity index (χ2n) is 15.0. The molecule has 0 amide bonds. The number of unbranched alkanes of at least 4 members (excludes halogenated alkanes) is 1. The van der Waals surface area contributed by atoms with Crippen LogP contribution >= 0.6 is 0 Å². The highest BCUT2D eigenvalue weighted by atomic mass is 16.5. The van der Waals surface area contributed by atoms with Crippen LogP contribution in [0.15, 0.2) is 85.0 Å². The Labute approximate surface area is 270 Å². The van der Waals surface area contributed by atoms with Crippen LogP contribution in [0.1, 0.15) is 96.3 Å². The number of aliphatic hydroxyl groups excluding tert-OH is 1. The summed E-state index contributed by atoms with van der Waals surface area (Å²) in [4.78, 5) is 15.6. The molecular formula is C41H51NO3. The third-order valence-corrected chi connectivity index (χ3v) is 12.7. The van der Waals surface area contributed by atoms with E-state index in [1.165, 1.54) is 0 Å². The number of nitrogens with zero attached hydrogens (tertiary/aromatic N) is 1. The molecule has 0 saturated heterocycles. The standard InChI is InChI=1S/C41H51NO3/c1-6-8-15-29(7-2)22-36(43)40-25-33-28(5)20-21-34(33)39(26-42)24-32(40)23-35(27(3)4)41(39,40)38(44)45-37(30-16-11-9-12-17-30)31-18-13-10-14-19-31/h7,9-14,16-19,23,27-29,32-34,36-37,43H,2,6,8,15,20-22,24-25H2,1,3-5H3/t28-,29?,32?,33-,34-,36?,39?,40?,41?/m1/s1. The topological polar surface area (TPSA) is 70.3 Å². The Hall–Kier alpha value is -3.16. The Balaban J connectivity index is 1.54. The lowest BCUT2D eigenvalue weighted by Gasteiger charge is -2.60. The molecule has 45 heavy (non-hydrogen) atoms. The molecule has 6 unspecified atom stereocenters. The maximum absolute atomic E-state index is 15.6. The second-order valence-corrected chi connectivity index (χ2v) is 15.0. The van der Waals surface area contributed by atoms with Crippen molar-refractivity contribution in [2.75, 3.05) is 0 Å². The molecule has 2 aromatic carbocycles. The van der Waals surface area contributed by atoms with E-state index >= 15 is 4.79 Å². The predicted octanol–water partition coefficient (Wildman–Crippen LogP) is 9.23. The lowest BCUT2D eigenvalue weighted by Crippen LogP contribution is -2.65. The first kappa shape index (κ1) is 31.8. The van der Waals surface area contributed by atoms with Crippen molar-refractivity contribution < 1.29 is 14.6 Å². The lowest BCUT2D eigenvalue weighted by atomic mass is 9.41. The summed E-state index contributed by atoms with van der Waals surface area (Å²) in [5, 5.41) is 24.2. The number of nitriles is 1. The van der Waals surface area contributed by atoms with Gasteiger partial charge < -0.3 is 9.84 Å². The van der Waals surface area contributed by atoms with Crippen LogP contribution in [0.3, 0.4) is 0 Å². The first-order valence-electron chi connectivity index (χ1n) is 17.5. The van der Waals surface area contributed by atoms with Gasteiger partial charge in [-0.25, -0.2) is 0 Å². The van der Waals surface area contributed by atoms with Crippen LogP contribution in [0.2, 0.25) is 0 Å². The first-order valence-corrected chi connectivity index (χ1v) is 17.5. The maximum Gasteiger partial charge on any atom is 0.319 e. The van der Waals surface area contributed by atoms with Gasteiger partial charge in [0, 0.05) is 5.41 Å². The molecule has 2 aromatic rings. The zero-order valence-electron chi connectivity index (χ0n) is 27.6. The molecular weight excluding hydrogens is 554 g/mol. The van der Waals surface area contributed by atoms with E-state index in [1.54, 1.807) is 0 Å². The molecule has 6 rings (SSSR count). The summed E-state index contributed by atoms with van der Waals surface area (Å²) in [5.41, 5.74) is -0.0870. The van der Waals surface area contributed by atoms with Crippen molar-refractivity contribution in [2.45, 2.75) is 91.3 Å². The smallest absolute Gasteiger partial charge is 0.319 e. The van der Waals surface area contributed by atoms with Gasteiger partial charge in [-0.3, -0.25) is 4.79 Å². The fourth-order valence-corrected chi connectivity index (χ4v) is 10.8. The van der Waals surface area contributed by atoms with Gasteiger partial charge in [-0.15, -0.1) is 6.58 Å². The minimum absolute atomic E-state index is 0.0414. The fraction of sp³-hybridized carbons (Fsp3) is 0.561. The van der Waals surface area contributed by atoms with Crippen LogP contribution < -0.4 is 0 Å². The summed E-state index contributed by atoms with van der Waals surface area (Å²) in [5.74, 6) is 0.712. The maximum atomic E-state index is 15.6. The SMILES string of the molecule is C=CC(CCCC)CC(O)C12C[C@@H]3[C@H](C)CC[C@H]3C3(C#N)CC1C=C(C(C)C)C23C(=O)OC(c1ccccc1)c1ccccc1. The molecule has 4 aliphatic carbocycles. The second kappa shape index (κ2) is 12.2. The summed E-state index contributed by atoms with van der Waals surface area (Å²) >= 11 is 0. The Morgan fingerprint density at radius 3 is 2.29 bits per heavy atom. The van der Waals surface area contributed by atoms with Gasteiger partial charge in [0.25, 0.3) is 0 Å². The first-order chi connectivity index (χ1) is 21.7. The average Bonchev–Trinajstić information content (AvgIpc) is 3.64. The fourth-order valence-electron chi connectivity index (χ4n) is 10.8. The van der Waals surface area contributed by atoms with E-state index in [9.17, 15) is 10.4 Å². The molecule has 4 heteroatoms. The van der Waals surface area contributed by atoms with Gasteiger partial charge in [0.05, 0.1) is 17.6 Å². The van der Waals surface area contributed by atoms with Crippen LogP contribution in [0, 0.1) is 63.1 Å². The van der Waals surface area contributed by atoms with Gasteiger partial charge >= 0.3 is 5.97 Å². The Morgan fingerprint density at radius 1 is 1.09 bits per heavy atom. The molecule has 0 spiro atoms. The molecule has 238 valence electrons. The van der Waals surface area contributed by atoms with E-state index in [-0.39, 0.29) is 29.6 Å². The van der Waals surface area contributed by atoms with Gasteiger partial charge in [0.15, 0.2) is 6.10 Å². The van der Waals surface area contributed by atoms with Crippen molar-refractivity contribution in [3.63, 3.8) is 0 Å². The number of hydrogen-bond acceptors (Lipinski definition) is 4. The average molecular weight is 606 g/mol. The van der Waals surface area contributed by atoms with Gasteiger partial charge in [0.1, 0.15) is 5.41 Å². The van der Waals surface area contributed by atoms with Crippen molar-refractivity contribution in [3.8, 4) is 6.07 Å². The number of carbonyl (C=O) groups excluding carboxylic acids is 1. The summed E-state index contributed by atoms with van der Waals surface area (Å²) in [6.45, 7) is 13.0. The molecule has 0 radical (unpaired) electrons. The molecule has 1 N–H and O–H groups in total. The highest BCUT2D eigenvalue weighted by Crippen LogP contribution is 2.84. The molecule has 3 fully saturated rings. The van der Waals surface area contributed by atoms with Crippen molar-refractivity contribution in [3.05, 3.63) is 96.1 Å². The van der Waals surface area contributed by atoms with E-state index in [0.29, 0.717) is 24.7 Å². The van der Waals surface area contributed by atoms with E-state index < -0.39 is 28.5 Å². The summed E-state index contributed by atoms with van der Waals surface area (Å²) < 4.78 is 6.86. The monoisotopic (exact) mass is 605 g/mol.